The van der Waals surface area contributed by atoms with Crippen molar-refractivity contribution in [2.75, 3.05) is 4.72 Å². The van der Waals surface area contributed by atoms with Crippen LogP contribution in [0.4, 0.5) is 5.69 Å². The Bertz CT molecular complexity index is 1040. The van der Waals surface area contributed by atoms with E-state index >= 15 is 0 Å². The average molecular weight is 599 g/mol. The molecule has 0 saturated carbocycles. The number of phenols is 1. The number of Topliss-reactive ketones (excluding diaryl/α,β-unsaturated/α-hetero) is 2. The number of ketones is 2. The first-order valence-electron chi connectivity index (χ1n) is 14.0. The Morgan fingerprint density at radius 2 is 1.18 bits per heavy atom. The van der Waals surface area contributed by atoms with Crippen molar-refractivity contribution in [2.45, 2.75) is 104 Å². The lowest BCUT2D eigenvalue weighted by molar-refractivity contribution is 0.0978. The van der Waals surface area contributed by atoms with Crippen molar-refractivity contribution in [1.29, 1.82) is 0 Å². The zero-order valence-electron chi connectivity index (χ0n) is 23.0. The number of anilines is 1. The van der Waals surface area contributed by atoms with Crippen LogP contribution < -0.4 is 8.91 Å². The van der Waals surface area contributed by atoms with Crippen LogP contribution in [-0.4, -0.2) is 20.9 Å². The van der Waals surface area contributed by atoms with Crippen LogP contribution in [0.5, 0.6) is 11.5 Å². The maximum atomic E-state index is 13.0. The summed E-state index contributed by atoms with van der Waals surface area (Å²) >= 11 is 9.80. The molecule has 0 aromatic heterocycles. The molecular formula is C30H41Cl2NO5S. The lowest BCUT2D eigenvalue weighted by Gasteiger charge is -2.12. The molecule has 2 N–H and O–H groups in total. The highest BCUT2D eigenvalue weighted by Crippen LogP contribution is 2.35. The van der Waals surface area contributed by atoms with Crippen LogP contribution in [0.15, 0.2) is 30.3 Å². The van der Waals surface area contributed by atoms with Crippen LogP contribution in [0.25, 0.3) is 0 Å². The van der Waals surface area contributed by atoms with Gasteiger partial charge in [0.15, 0.2) is 17.3 Å². The zero-order chi connectivity index (χ0) is 28.6. The number of unbranched alkanes of at least 4 members (excludes halogenated alkanes) is 10. The van der Waals surface area contributed by atoms with Gasteiger partial charge in [-0.25, -0.2) is 0 Å². The van der Waals surface area contributed by atoms with E-state index in [0.717, 1.165) is 38.5 Å². The summed E-state index contributed by atoms with van der Waals surface area (Å²) in [5, 5.41) is 9.72. The van der Waals surface area contributed by atoms with Gasteiger partial charge >= 0.3 is 11.3 Å². The van der Waals surface area contributed by atoms with Crippen molar-refractivity contribution in [3.63, 3.8) is 0 Å². The standard InChI is InChI=1S/C30H41Cl2NO5S/c1-3-5-7-9-11-13-15-28(34)22-17-23(29(35)16-14-12-10-8-6-4-2)19-25(18-22)38-39(37)33-24-20-26(31)30(36)27(32)21-24/h17-21,33,36H,3-16H2,1-2H3. The highest BCUT2D eigenvalue weighted by atomic mass is 35.5. The first-order valence-corrected chi connectivity index (χ1v) is 15.8. The molecule has 0 fully saturated rings. The monoisotopic (exact) mass is 597 g/mol. The summed E-state index contributed by atoms with van der Waals surface area (Å²) in [5.41, 5.74) is 1.02. The molecule has 0 amide bonds. The number of aromatic hydroxyl groups is 1. The van der Waals surface area contributed by atoms with E-state index in [0.29, 0.717) is 24.0 Å². The molecule has 6 nitrogen and oxygen atoms in total. The average Bonchev–Trinajstić information content (AvgIpc) is 2.90. The summed E-state index contributed by atoms with van der Waals surface area (Å²) in [6.07, 6.45) is 13.6. The number of benzene rings is 2. The third kappa shape index (κ3) is 12.3. The predicted octanol–water partition coefficient (Wildman–Crippen LogP) is 9.64. The number of nitrogens with one attached hydrogen (secondary N) is 1. The molecule has 1 unspecified atom stereocenters. The summed E-state index contributed by atoms with van der Waals surface area (Å²) in [6, 6.07) is 7.40. The molecule has 39 heavy (non-hydrogen) atoms. The summed E-state index contributed by atoms with van der Waals surface area (Å²) < 4.78 is 20.9. The number of hydrogen-bond acceptors (Lipinski definition) is 5. The minimum atomic E-state index is -2.08. The number of hydrogen-bond donors (Lipinski definition) is 2. The van der Waals surface area contributed by atoms with Gasteiger partial charge in [0, 0.05) is 24.0 Å². The van der Waals surface area contributed by atoms with E-state index in [1.807, 2.05) is 0 Å². The first kappa shape index (κ1) is 33.1. The molecule has 0 aliphatic rings. The Morgan fingerprint density at radius 3 is 1.64 bits per heavy atom. The SMILES string of the molecule is CCCCCCCCC(=O)c1cc(OS(=O)Nc2cc(Cl)c(O)c(Cl)c2)cc(C(=O)CCCCCCCC)c1. The topological polar surface area (TPSA) is 92.7 Å². The van der Waals surface area contributed by atoms with Gasteiger partial charge in [-0.2, -0.15) is 4.21 Å². The molecule has 0 bridgehead atoms. The highest BCUT2D eigenvalue weighted by Gasteiger charge is 2.16. The number of phenolic OH excluding ortho intramolecular Hbond substituents is 1. The lowest BCUT2D eigenvalue weighted by Crippen LogP contribution is -2.12. The van der Waals surface area contributed by atoms with Crippen molar-refractivity contribution in [1.82, 2.24) is 0 Å². The van der Waals surface area contributed by atoms with Gasteiger partial charge in [0.1, 0.15) is 5.75 Å². The second kappa shape index (κ2) is 18.3. The fraction of sp³-hybridized carbons (Fsp3) is 0.533. The Kier molecular flexibility index (Phi) is 15.5. The first-order chi connectivity index (χ1) is 18.7. The summed E-state index contributed by atoms with van der Waals surface area (Å²) in [6.45, 7) is 4.34. The van der Waals surface area contributed by atoms with Crippen LogP contribution in [0.3, 0.4) is 0 Å². The van der Waals surface area contributed by atoms with Gasteiger partial charge in [-0.1, -0.05) is 101 Å². The number of carbonyl (C=O) groups excluding carboxylic acids is 2. The second-order valence-electron chi connectivity index (χ2n) is 9.84. The fourth-order valence-corrected chi connectivity index (χ4v) is 5.33. The van der Waals surface area contributed by atoms with Crippen LogP contribution in [0.1, 0.15) is 124 Å². The van der Waals surface area contributed by atoms with E-state index in [4.69, 9.17) is 27.4 Å². The molecule has 0 spiro atoms. The third-order valence-electron chi connectivity index (χ3n) is 6.46. The van der Waals surface area contributed by atoms with Crippen molar-refractivity contribution >= 4 is 51.7 Å². The third-order valence-corrected chi connectivity index (χ3v) is 7.78. The normalized spacial score (nSPS) is 11.8. The van der Waals surface area contributed by atoms with E-state index in [2.05, 4.69) is 18.6 Å². The Balaban J connectivity index is 2.11. The molecule has 0 radical (unpaired) electrons. The second-order valence-corrected chi connectivity index (χ2v) is 11.5. The van der Waals surface area contributed by atoms with E-state index < -0.39 is 11.3 Å². The van der Waals surface area contributed by atoms with Crippen molar-refractivity contribution < 1.29 is 23.1 Å². The molecule has 2 aromatic rings. The maximum Gasteiger partial charge on any atom is 0.316 e. The smallest absolute Gasteiger partial charge is 0.316 e. The van der Waals surface area contributed by atoms with Gasteiger partial charge < -0.3 is 9.29 Å². The van der Waals surface area contributed by atoms with Crippen LogP contribution in [0.2, 0.25) is 10.0 Å². The van der Waals surface area contributed by atoms with Crippen molar-refractivity contribution in [3.8, 4) is 11.5 Å². The van der Waals surface area contributed by atoms with Crippen LogP contribution in [-0.2, 0) is 11.3 Å². The number of carbonyl (C=O) groups is 2. The molecule has 216 valence electrons. The molecule has 1 atom stereocenters. The van der Waals surface area contributed by atoms with Gasteiger partial charge in [-0.05, 0) is 43.2 Å². The minimum Gasteiger partial charge on any atom is -0.505 e. The predicted molar refractivity (Wildman–Crippen MR) is 162 cm³/mol. The van der Waals surface area contributed by atoms with Gasteiger partial charge in [0.05, 0.1) is 15.7 Å². The van der Waals surface area contributed by atoms with Crippen LogP contribution in [0, 0.1) is 0 Å². The molecular weight excluding hydrogens is 557 g/mol. The Morgan fingerprint density at radius 1 is 0.744 bits per heavy atom. The summed E-state index contributed by atoms with van der Waals surface area (Å²) in [7, 11) is 0. The van der Waals surface area contributed by atoms with Crippen molar-refractivity contribution in [2.24, 2.45) is 0 Å². The molecule has 9 heteroatoms. The summed E-state index contributed by atoms with van der Waals surface area (Å²) in [5.74, 6) is -0.265. The Labute approximate surface area is 245 Å². The molecule has 2 rings (SSSR count). The minimum absolute atomic E-state index is 0.00753. The van der Waals surface area contributed by atoms with Gasteiger partial charge in [0.25, 0.3) is 0 Å². The van der Waals surface area contributed by atoms with E-state index in [1.54, 1.807) is 6.07 Å². The zero-order valence-corrected chi connectivity index (χ0v) is 25.4. The Hall–Kier alpha value is -2.09. The highest BCUT2D eigenvalue weighted by molar-refractivity contribution is 7.81. The number of halogens is 2. The van der Waals surface area contributed by atoms with Crippen molar-refractivity contribution in [3.05, 3.63) is 51.5 Å². The van der Waals surface area contributed by atoms with Gasteiger partial charge in [-0.3, -0.25) is 14.3 Å². The molecule has 0 saturated heterocycles. The van der Waals surface area contributed by atoms with Gasteiger partial charge in [0.2, 0.25) is 0 Å². The van der Waals surface area contributed by atoms with Gasteiger partial charge in [-0.15, -0.1) is 0 Å². The lowest BCUT2D eigenvalue weighted by atomic mass is 9.98. The van der Waals surface area contributed by atoms with E-state index in [1.165, 1.54) is 62.8 Å². The fourth-order valence-electron chi connectivity index (χ4n) is 4.22. The molecule has 0 heterocycles. The molecule has 0 aliphatic carbocycles. The van der Waals surface area contributed by atoms with Crippen LogP contribution >= 0.6 is 23.2 Å². The number of rotatable bonds is 20. The molecule has 2 aromatic carbocycles. The van der Waals surface area contributed by atoms with E-state index in [-0.39, 0.29) is 38.8 Å². The summed E-state index contributed by atoms with van der Waals surface area (Å²) in [4.78, 5) is 26.0. The largest absolute Gasteiger partial charge is 0.505 e. The quantitative estimate of drug-likeness (QED) is 0.0899. The molecule has 0 aliphatic heterocycles. The van der Waals surface area contributed by atoms with E-state index in [9.17, 15) is 18.9 Å². The maximum absolute atomic E-state index is 13.0.